The largest absolute Gasteiger partial charge is 0.418 e. The predicted octanol–water partition coefficient (Wildman–Crippen LogP) is 4.36. The normalized spacial score (nSPS) is 21.4. The van der Waals surface area contributed by atoms with Gasteiger partial charge >= 0.3 is 6.18 Å². The quantitative estimate of drug-likeness (QED) is 0.632. The van der Waals surface area contributed by atoms with Gasteiger partial charge in [0.1, 0.15) is 5.15 Å². The highest BCUT2D eigenvalue weighted by Gasteiger charge is 2.39. The number of aliphatic hydroxyl groups is 2. The molecule has 152 valence electrons. The molecule has 2 heterocycles. The summed E-state index contributed by atoms with van der Waals surface area (Å²) in [5, 5.41) is 22.4. The van der Waals surface area contributed by atoms with Crippen molar-refractivity contribution in [2.45, 2.75) is 44.0 Å². The second-order valence-electron chi connectivity index (χ2n) is 7.03. The van der Waals surface area contributed by atoms with Crippen LogP contribution >= 0.6 is 11.6 Å². The number of nitrogens with one attached hydrogen (secondary N) is 1. The van der Waals surface area contributed by atoms with Gasteiger partial charge in [0, 0.05) is 41.9 Å². The lowest BCUT2D eigenvalue weighted by atomic mass is 9.86. The smallest absolute Gasteiger partial charge is 0.396 e. The van der Waals surface area contributed by atoms with Crippen molar-refractivity contribution in [1.29, 1.82) is 0 Å². The van der Waals surface area contributed by atoms with Crippen LogP contribution in [0.25, 0.3) is 11.3 Å². The van der Waals surface area contributed by atoms with E-state index in [4.69, 9.17) is 11.6 Å². The molecule has 0 radical (unpaired) electrons. The van der Waals surface area contributed by atoms with Crippen LogP contribution in [-0.2, 0) is 0 Å². The molecule has 5 nitrogen and oxygen atoms in total. The third kappa shape index (κ3) is 4.92. The van der Waals surface area contributed by atoms with Crippen molar-refractivity contribution in [3.63, 3.8) is 0 Å². The molecular formula is C19H21ClF3N3O2. The molecule has 9 heteroatoms. The first-order chi connectivity index (χ1) is 13.3. The van der Waals surface area contributed by atoms with E-state index in [0.29, 0.717) is 16.9 Å². The Morgan fingerprint density at radius 2 is 2.00 bits per heavy atom. The molecule has 2 aromatic heterocycles. The average molecular weight is 416 g/mol. The second-order valence-corrected chi connectivity index (χ2v) is 7.42. The Kier molecular flexibility index (Phi) is 6.42. The molecule has 0 bridgehead atoms. The molecule has 3 atom stereocenters. The highest BCUT2D eigenvalue weighted by atomic mass is 35.5. The Labute approximate surface area is 165 Å². The van der Waals surface area contributed by atoms with Gasteiger partial charge in [0.15, 0.2) is 6.10 Å². The van der Waals surface area contributed by atoms with E-state index < -0.39 is 12.3 Å². The molecule has 0 aliphatic heterocycles. The molecular weight excluding hydrogens is 395 g/mol. The van der Waals surface area contributed by atoms with E-state index >= 15 is 0 Å². The Morgan fingerprint density at radius 1 is 1.21 bits per heavy atom. The van der Waals surface area contributed by atoms with Gasteiger partial charge in [0.25, 0.3) is 0 Å². The third-order valence-corrected chi connectivity index (χ3v) is 5.17. The number of aromatic nitrogens is 2. The van der Waals surface area contributed by atoms with E-state index in [-0.39, 0.29) is 29.3 Å². The second kappa shape index (κ2) is 8.63. The number of hydrogen-bond donors (Lipinski definition) is 3. The monoisotopic (exact) mass is 415 g/mol. The molecule has 0 aromatic carbocycles. The van der Waals surface area contributed by atoms with Crippen LogP contribution in [0.1, 0.15) is 37.4 Å². The summed E-state index contributed by atoms with van der Waals surface area (Å²) in [6, 6.07) is 4.41. The van der Waals surface area contributed by atoms with Crippen molar-refractivity contribution >= 4 is 17.3 Å². The van der Waals surface area contributed by atoms with Gasteiger partial charge in [-0.05, 0) is 37.3 Å². The Morgan fingerprint density at radius 3 is 2.64 bits per heavy atom. The van der Waals surface area contributed by atoms with Gasteiger partial charge in [0.2, 0.25) is 0 Å². The summed E-state index contributed by atoms with van der Waals surface area (Å²) in [7, 11) is 0. The molecule has 0 amide bonds. The number of pyridine rings is 2. The molecule has 1 aliphatic carbocycles. The number of aliphatic hydroxyl groups excluding tert-OH is 2. The van der Waals surface area contributed by atoms with Crippen molar-refractivity contribution < 1.29 is 23.4 Å². The lowest BCUT2D eigenvalue weighted by Crippen LogP contribution is -2.29. The zero-order valence-corrected chi connectivity index (χ0v) is 15.7. The first-order valence-electron chi connectivity index (χ1n) is 9.02. The summed E-state index contributed by atoms with van der Waals surface area (Å²) in [5.41, 5.74) is 1.37. The number of nitrogens with zero attached hydrogens (tertiary/aromatic N) is 2. The van der Waals surface area contributed by atoms with Crippen molar-refractivity contribution in [2.24, 2.45) is 5.92 Å². The number of alkyl halides is 3. The van der Waals surface area contributed by atoms with E-state index in [1.54, 1.807) is 6.07 Å². The van der Waals surface area contributed by atoms with Gasteiger partial charge < -0.3 is 15.5 Å². The van der Waals surface area contributed by atoms with Crippen LogP contribution < -0.4 is 5.32 Å². The minimum atomic E-state index is -4.75. The van der Waals surface area contributed by atoms with Gasteiger partial charge in [-0.3, -0.25) is 4.98 Å². The van der Waals surface area contributed by atoms with Crippen LogP contribution in [0.4, 0.5) is 18.9 Å². The Bertz CT molecular complexity index is 802. The maximum Gasteiger partial charge on any atom is 0.418 e. The summed E-state index contributed by atoms with van der Waals surface area (Å²) in [6.45, 7) is 0.146. The number of rotatable bonds is 5. The predicted molar refractivity (Wildman–Crippen MR) is 99.9 cm³/mol. The SMILES string of the molecule is OC[C@H]1CCC[C@H](Nc2cc(Cl)ncc2-c2ccc(C(O)C(F)(F)F)cn2)C1. The molecule has 3 rings (SSSR count). The summed E-state index contributed by atoms with van der Waals surface area (Å²) in [5.74, 6) is 0.244. The zero-order valence-electron chi connectivity index (χ0n) is 15.0. The highest BCUT2D eigenvalue weighted by molar-refractivity contribution is 6.29. The maximum absolute atomic E-state index is 12.7. The Balaban J connectivity index is 1.84. The first-order valence-corrected chi connectivity index (χ1v) is 9.39. The third-order valence-electron chi connectivity index (χ3n) is 4.96. The summed E-state index contributed by atoms with van der Waals surface area (Å²) in [4.78, 5) is 8.13. The number of halogens is 4. The van der Waals surface area contributed by atoms with Gasteiger partial charge in [-0.1, -0.05) is 24.1 Å². The minimum absolute atomic E-state index is 0.146. The topological polar surface area (TPSA) is 78.3 Å². The molecule has 1 unspecified atom stereocenters. The van der Waals surface area contributed by atoms with Crippen molar-refractivity contribution in [2.75, 3.05) is 11.9 Å². The molecule has 2 aromatic rings. The van der Waals surface area contributed by atoms with E-state index in [1.807, 2.05) is 0 Å². The minimum Gasteiger partial charge on any atom is -0.396 e. The van der Waals surface area contributed by atoms with Crippen LogP contribution in [-0.4, -0.2) is 39.0 Å². The average Bonchev–Trinajstić information content (AvgIpc) is 2.67. The molecule has 1 fully saturated rings. The van der Waals surface area contributed by atoms with Crippen molar-refractivity contribution in [3.8, 4) is 11.3 Å². The molecule has 0 spiro atoms. The summed E-state index contributed by atoms with van der Waals surface area (Å²) >= 11 is 6.03. The maximum atomic E-state index is 12.7. The van der Waals surface area contributed by atoms with Crippen LogP contribution in [0, 0.1) is 5.92 Å². The molecule has 3 N–H and O–H groups in total. The lowest BCUT2D eigenvalue weighted by molar-refractivity contribution is -0.206. The summed E-state index contributed by atoms with van der Waals surface area (Å²) in [6.07, 6.45) is -1.05. The number of anilines is 1. The van der Waals surface area contributed by atoms with Crippen LogP contribution in [0.15, 0.2) is 30.6 Å². The molecule has 1 saturated carbocycles. The lowest BCUT2D eigenvalue weighted by Gasteiger charge is -2.30. The zero-order chi connectivity index (χ0) is 20.3. The fourth-order valence-corrected chi connectivity index (χ4v) is 3.63. The summed E-state index contributed by atoms with van der Waals surface area (Å²) < 4.78 is 38.0. The van der Waals surface area contributed by atoms with Gasteiger partial charge in [-0.15, -0.1) is 0 Å². The van der Waals surface area contributed by atoms with Crippen LogP contribution in [0.5, 0.6) is 0 Å². The van der Waals surface area contributed by atoms with Gasteiger partial charge in [0.05, 0.1) is 5.69 Å². The number of hydrogen-bond acceptors (Lipinski definition) is 5. The van der Waals surface area contributed by atoms with Gasteiger partial charge in [-0.2, -0.15) is 13.2 Å². The molecule has 28 heavy (non-hydrogen) atoms. The first kappa shape index (κ1) is 20.8. The van der Waals surface area contributed by atoms with Crippen molar-refractivity contribution in [1.82, 2.24) is 9.97 Å². The fourth-order valence-electron chi connectivity index (χ4n) is 3.48. The fraction of sp³-hybridized carbons (Fsp3) is 0.474. The van der Waals surface area contributed by atoms with E-state index in [0.717, 1.165) is 31.9 Å². The van der Waals surface area contributed by atoms with Crippen LogP contribution in [0.2, 0.25) is 5.15 Å². The standard InChI is InChI=1S/C19H21ClF3N3O2/c20-17-7-16(26-13-3-1-2-11(6-13)10-27)14(9-25-17)15-5-4-12(8-24-15)18(28)19(21,22)23/h4-5,7-9,11,13,18,27-28H,1-3,6,10H2,(H,25,26)/t11-,13-,18?/m0/s1. The van der Waals surface area contributed by atoms with E-state index in [9.17, 15) is 23.4 Å². The molecule has 1 aliphatic rings. The highest BCUT2D eigenvalue weighted by Crippen LogP contribution is 2.35. The van der Waals surface area contributed by atoms with Crippen molar-refractivity contribution in [3.05, 3.63) is 41.3 Å². The van der Waals surface area contributed by atoms with Crippen LogP contribution in [0.3, 0.4) is 0 Å². The van der Waals surface area contributed by atoms with E-state index in [2.05, 4.69) is 15.3 Å². The molecule has 0 saturated heterocycles. The van der Waals surface area contributed by atoms with E-state index in [1.165, 1.54) is 18.3 Å². The Hall–Kier alpha value is -1.90. The van der Waals surface area contributed by atoms with Gasteiger partial charge in [-0.25, -0.2) is 4.98 Å².